The van der Waals surface area contributed by atoms with Crippen molar-refractivity contribution in [3.63, 3.8) is 0 Å². The van der Waals surface area contributed by atoms with Crippen molar-refractivity contribution >= 4 is 18.1 Å². The molecule has 12 heteroatoms. The zero-order valence-electron chi connectivity index (χ0n) is 22.6. The van der Waals surface area contributed by atoms with Crippen molar-refractivity contribution in [1.82, 2.24) is 30.1 Å². The van der Waals surface area contributed by atoms with Crippen LogP contribution >= 0.6 is 0 Å². The summed E-state index contributed by atoms with van der Waals surface area (Å²) in [6, 6.07) is -0.909. The van der Waals surface area contributed by atoms with Gasteiger partial charge in [-0.1, -0.05) is 5.21 Å². The summed E-state index contributed by atoms with van der Waals surface area (Å²) >= 11 is 0. The van der Waals surface area contributed by atoms with E-state index in [1.165, 1.54) is 4.68 Å². The van der Waals surface area contributed by atoms with Gasteiger partial charge in [0.25, 0.3) is 0 Å². The van der Waals surface area contributed by atoms with Crippen molar-refractivity contribution in [2.75, 3.05) is 32.7 Å². The molecule has 0 saturated carbocycles. The zero-order valence-corrected chi connectivity index (χ0v) is 22.6. The topological polar surface area (TPSA) is 139 Å². The largest absolute Gasteiger partial charge is 0.444 e. The van der Waals surface area contributed by atoms with Crippen LogP contribution in [0.3, 0.4) is 0 Å². The Morgan fingerprint density at radius 1 is 1.00 bits per heavy atom. The molecule has 0 spiro atoms. The summed E-state index contributed by atoms with van der Waals surface area (Å²) in [7, 11) is 0. The van der Waals surface area contributed by atoms with E-state index in [-0.39, 0.29) is 5.91 Å². The fourth-order valence-corrected chi connectivity index (χ4v) is 3.66. The minimum atomic E-state index is -0.978. The lowest BCUT2D eigenvalue weighted by atomic mass is 10.1. The van der Waals surface area contributed by atoms with Gasteiger partial charge < -0.3 is 29.7 Å². The number of aromatic nitrogens is 3. The second kappa shape index (κ2) is 12.4. The van der Waals surface area contributed by atoms with Crippen molar-refractivity contribution in [3.8, 4) is 0 Å². The standard InChI is InChI=1S/C24H42N6O6/c1-17(31)19(20(32)28-12-14-29(15-13-28)22(34)36-24(5,6)7)30-16-18(26-27-30)10-8-9-11-25-21(33)35-23(2,3)4/h16-17,19,31H,8-15H2,1-7H3,(H,25,33)/t17-,19+/m1/s1. The number of carbonyl (C=O) groups excluding carboxylic acids is 3. The first-order valence-corrected chi connectivity index (χ1v) is 12.5. The van der Waals surface area contributed by atoms with Gasteiger partial charge in [-0.25, -0.2) is 14.3 Å². The molecule has 36 heavy (non-hydrogen) atoms. The average Bonchev–Trinajstić information content (AvgIpc) is 3.19. The van der Waals surface area contributed by atoms with E-state index in [2.05, 4.69) is 15.6 Å². The molecule has 0 radical (unpaired) electrons. The average molecular weight is 511 g/mol. The Balaban J connectivity index is 1.85. The maximum atomic E-state index is 13.2. The highest BCUT2D eigenvalue weighted by Gasteiger charge is 2.34. The van der Waals surface area contributed by atoms with E-state index in [4.69, 9.17) is 9.47 Å². The van der Waals surface area contributed by atoms with Crippen LogP contribution in [0.25, 0.3) is 0 Å². The molecule has 0 unspecified atom stereocenters. The molecule has 0 aromatic carbocycles. The molecule has 1 fully saturated rings. The number of hydrogen-bond acceptors (Lipinski definition) is 8. The number of aliphatic hydroxyl groups excluding tert-OH is 1. The Morgan fingerprint density at radius 3 is 2.14 bits per heavy atom. The van der Waals surface area contributed by atoms with Gasteiger partial charge in [-0.15, -0.1) is 5.10 Å². The van der Waals surface area contributed by atoms with E-state index >= 15 is 0 Å². The van der Waals surface area contributed by atoms with Gasteiger partial charge in [-0.05, 0) is 67.7 Å². The first-order chi connectivity index (χ1) is 16.7. The van der Waals surface area contributed by atoms with E-state index in [0.29, 0.717) is 44.8 Å². The number of alkyl carbamates (subject to hydrolysis) is 1. The number of aryl methyl sites for hydroxylation is 1. The minimum Gasteiger partial charge on any atom is -0.444 e. The molecule has 1 aliphatic rings. The van der Waals surface area contributed by atoms with E-state index in [9.17, 15) is 19.5 Å². The van der Waals surface area contributed by atoms with Crippen molar-refractivity contribution < 1.29 is 29.0 Å². The lowest BCUT2D eigenvalue weighted by molar-refractivity contribution is -0.140. The van der Waals surface area contributed by atoms with Gasteiger partial charge in [0.2, 0.25) is 5.91 Å². The fourth-order valence-electron chi connectivity index (χ4n) is 3.66. The number of hydrogen-bond donors (Lipinski definition) is 2. The molecule has 1 aromatic heterocycles. The molecule has 1 aliphatic heterocycles. The highest BCUT2D eigenvalue weighted by molar-refractivity contribution is 5.81. The Labute approximate surface area is 213 Å². The Morgan fingerprint density at radius 2 is 1.58 bits per heavy atom. The molecule has 3 amide bonds. The van der Waals surface area contributed by atoms with E-state index < -0.39 is 35.5 Å². The molecule has 12 nitrogen and oxygen atoms in total. The second-order valence-electron chi connectivity index (χ2n) is 11.1. The number of piperazine rings is 1. The van der Waals surface area contributed by atoms with Crippen LogP contribution in [0.2, 0.25) is 0 Å². The van der Waals surface area contributed by atoms with E-state index in [1.807, 2.05) is 41.5 Å². The molecule has 2 atom stereocenters. The Kier molecular flexibility index (Phi) is 10.1. The van der Waals surface area contributed by atoms with Gasteiger partial charge in [-0.3, -0.25) is 4.79 Å². The first-order valence-electron chi connectivity index (χ1n) is 12.5. The molecule has 2 N–H and O–H groups in total. The summed E-state index contributed by atoms with van der Waals surface area (Å²) in [5.74, 6) is -0.271. The summed E-state index contributed by atoms with van der Waals surface area (Å²) in [6.45, 7) is 14.3. The molecule has 0 aliphatic carbocycles. The number of rotatable bonds is 8. The smallest absolute Gasteiger partial charge is 0.410 e. The maximum absolute atomic E-state index is 13.2. The number of aliphatic hydroxyl groups is 1. The summed E-state index contributed by atoms with van der Waals surface area (Å²) in [4.78, 5) is 40.4. The lowest BCUT2D eigenvalue weighted by Gasteiger charge is -2.37. The van der Waals surface area contributed by atoms with Gasteiger partial charge in [-0.2, -0.15) is 0 Å². The number of amides is 3. The lowest BCUT2D eigenvalue weighted by Crippen LogP contribution is -2.54. The predicted octanol–water partition coefficient (Wildman–Crippen LogP) is 2.13. The quantitative estimate of drug-likeness (QED) is 0.507. The molecule has 0 bridgehead atoms. The van der Waals surface area contributed by atoms with Crippen LogP contribution in [0.4, 0.5) is 9.59 Å². The highest BCUT2D eigenvalue weighted by atomic mass is 16.6. The molecule has 2 rings (SSSR count). The third-order valence-electron chi connectivity index (χ3n) is 5.32. The van der Waals surface area contributed by atoms with Gasteiger partial charge in [0.05, 0.1) is 11.8 Å². The van der Waals surface area contributed by atoms with E-state index in [0.717, 1.165) is 12.8 Å². The van der Waals surface area contributed by atoms with Gasteiger partial charge in [0.15, 0.2) is 6.04 Å². The molecule has 2 heterocycles. The third kappa shape index (κ3) is 9.63. The first kappa shape index (κ1) is 29.3. The minimum absolute atomic E-state index is 0.271. The SMILES string of the molecule is C[C@@H](O)[C@@H](C(=O)N1CCN(C(=O)OC(C)(C)C)CC1)n1cc(CCCCNC(=O)OC(C)(C)C)nn1. The van der Waals surface area contributed by atoms with Crippen LogP contribution in [-0.4, -0.2) is 98.0 Å². The number of ether oxygens (including phenoxy) is 2. The van der Waals surface area contributed by atoms with E-state index in [1.54, 1.807) is 22.9 Å². The van der Waals surface area contributed by atoms with Gasteiger partial charge >= 0.3 is 12.2 Å². The number of nitrogens with zero attached hydrogens (tertiary/aromatic N) is 5. The number of nitrogens with one attached hydrogen (secondary N) is 1. The van der Waals surface area contributed by atoms with Crippen molar-refractivity contribution in [2.24, 2.45) is 0 Å². The third-order valence-corrected chi connectivity index (χ3v) is 5.32. The normalized spacial score (nSPS) is 16.3. The number of unbranched alkanes of at least 4 members (excludes halogenated alkanes) is 1. The van der Waals surface area contributed by atoms with Crippen LogP contribution in [0, 0.1) is 0 Å². The second-order valence-corrected chi connectivity index (χ2v) is 11.1. The van der Waals surface area contributed by atoms with Gasteiger partial charge in [0.1, 0.15) is 11.2 Å². The Bertz CT molecular complexity index is 880. The van der Waals surface area contributed by atoms with Crippen LogP contribution in [0.5, 0.6) is 0 Å². The Hall–Kier alpha value is -2.89. The zero-order chi connectivity index (χ0) is 27.1. The summed E-state index contributed by atoms with van der Waals surface area (Å²) < 4.78 is 12.0. The van der Waals surface area contributed by atoms with Crippen molar-refractivity contribution in [2.45, 2.75) is 91.1 Å². The monoisotopic (exact) mass is 510 g/mol. The van der Waals surface area contributed by atoms with Crippen LogP contribution in [-0.2, 0) is 20.7 Å². The van der Waals surface area contributed by atoms with Crippen molar-refractivity contribution in [3.05, 3.63) is 11.9 Å². The van der Waals surface area contributed by atoms with Crippen LogP contribution in [0.15, 0.2) is 6.20 Å². The number of carbonyl (C=O) groups is 3. The van der Waals surface area contributed by atoms with Crippen LogP contribution in [0.1, 0.15) is 73.0 Å². The van der Waals surface area contributed by atoms with Crippen LogP contribution < -0.4 is 5.32 Å². The molecule has 1 aromatic rings. The highest BCUT2D eigenvalue weighted by Crippen LogP contribution is 2.18. The van der Waals surface area contributed by atoms with Crippen molar-refractivity contribution in [1.29, 1.82) is 0 Å². The molecular formula is C24H42N6O6. The molecular weight excluding hydrogens is 468 g/mol. The summed E-state index contributed by atoms with van der Waals surface area (Å²) in [5.41, 5.74) is -0.423. The summed E-state index contributed by atoms with van der Waals surface area (Å²) in [5, 5.41) is 21.3. The summed E-state index contributed by atoms with van der Waals surface area (Å²) in [6.07, 6.45) is 1.96. The maximum Gasteiger partial charge on any atom is 0.410 e. The molecule has 204 valence electrons. The van der Waals surface area contributed by atoms with Gasteiger partial charge in [0, 0.05) is 38.9 Å². The fraction of sp³-hybridized carbons (Fsp3) is 0.792. The predicted molar refractivity (Wildman–Crippen MR) is 132 cm³/mol. The molecule has 1 saturated heterocycles.